The largest absolute Gasteiger partial charge is 0.398 e. The van der Waals surface area contributed by atoms with Gasteiger partial charge in [0.25, 0.3) is 5.69 Å². The van der Waals surface area contributed by atoms with Crippen LogP contribution in [0.1, 0.15) is 17.3 Å². The zero-order chi connectivity index (χ0) is 10.9. The number of nitrogens with two attached hydrogens (primary N) is 1. The van der Waals surface area contributed by atoms with Gasteiger partial charge >= 0.3 is 0 Å². The van der Waals surface area contributed by atoms with Crippen LogP contribution < -0.4 is 5.73 Å². The molecule has 0 heterocycles. The Kier molecular flexibility index (Phi) is 2.85. The predicted molar refractivity (Wildman–Crippen MR) is 55.2 cm³/mol. The molecule has 0 aromatic heterocycles. The molecule has 0 amide bonds. The van der Waals surface area contributed by atoms with Crippen LogP contribution in [0.5, 0.6) is 0 Å². The molecule has 0 aliphatic rings. The maximum absolute atomic E-state index is 11.1. The third-order valence-corrected chi connectivity index (χ3v) is 2.12. The molecule has 1 aromatic rings. The van der Waals surface area contributed by atoms with E-state index in [0.717, 1.165) is 0 Å². The summed E-state index contributed by atoms with van der Waals surface area (Å²) in [5, 5.41) is 10.6. The molecule has 6 heteroatoms. The molecular weight excluding hydrogens is 252 g/mol. The summed E-state index contributed by atoms with van der Waals surface area (Å²) in [6.07, 6.45) is 0. The van der Waals surface area contributed by atoms with Gasteiger partial charge in [0.15, 0.2) is 5.78 Å². The lowest BCUT2D eigenvalue weighted by atomic mass is 10.1. The molecule has 0 saturated heterocycles. The number of nitrogen functional groups attached to an aromatic ring is 1. The number of carbonyl (C=O) groups is 1. The summed E-state index contributed by atoms with van der Waals surface area (Å²) in [5.41, 5.74) is 5.30. The molecule has 0 fully saturated rings. The Morgan fingerprint density at radius 1 is 1.57 bits per heavy atom. The van der Waals surface area contributed by atoms with Crippen molar-refractivity contribution in [2.24, 2.45) is 0 Å². The van der Waals surface area contributed by atoms with E-state index in [1.807, 2.05) is 0 Å². The monoisotopic (exact) mass is 258 g/mol. The van der Waals surface area contributed by atoms with E-state index in [-0.39, 0.29) is 16.9 Å². The molecule has 0 bridgehead atoms. The normalized spacial score (nSPS) is 9.86. The molecule has 0 atom stereocenters. The Bertz CT molecular complexity index is 417. The minimum Gasteiger partial charge on any atom is -0.398 e. The number of hydrogen-bond donors (Lipinski definition) is 1. The summed E-state index contributed by atoms with van der Waals surface area (Å²) < 4.78 is 0.478. The molecule has 0 saturated carbocycles. The molecule has 0 radical (unpaired) electrons. The fraction of sp³-hybridized carbons (Fsp3) is 0.125. The Morgan fingerprint density at radius 2 is 2.14 bits per heavy atom. The summed E-state index contributed by atoms with van der Waals surface area (Å²) in [6, 6.07) is 2.72. The highest BCUT2D eigenvalue weighted by Crippen LogP contribution is 2.29. The number of anilines is 1. The second-order valence-corrected chi connectivity index (χ2v) is 3.62. The number of ketones is 1. The van der Waals surface area contributed by atoms with Crippen LogP contribution in [0.4, 0.5) is 11.4 Å². The molecule has 1 rings (SSSR count). The van der Waals surface area contributed by atoms with E-state index in [2.05, 4.69) is 15.9 Å². The summed E-state index contributed by atoms with van der Waals surface area (Å²) >= 11 is 3.07. The van der Waals surface area contributed by atoms with Gasteiger partial charge in [-0.15, -0.1) is 0 Å². The van der Waals surface area contributed by atoms with Gasteiger partial charge in [0.1, 0.15) is 5.56 Å². The van der Waals surface area contributed by atoms with Crippen molar-refractivity contribution in [1.29, 1.82) is 0 Å². The van der Waals surface area contributed by atoms with E-state index in [9.17, 15) is 14.9 Å². The van der Waals surface area contributed by atoms with Crippen molar-refractivity contribution >= 4 is 33.1 Å². The van der Waals surface area contributed by atoms with Crippen LogP contribution >= 0.6 is 15.9 Å². The van der Waals surface area contributed by atoms with Gasteiger partial charge in [0.2, 0.25) is 0 Å². The summed E-state index contributed by atoms with van der Waals surface area (Å²) in [7, 11) is 0. The molecule has 0 aliphatic carbocycles. The van der Waals surface area contributed by atoms with Crippen molar-refractivity contribution in [2.45, 2.75) is 6.92 Å². The molecule has 1 aromatic carbocycles. The van der Waals surface area contributed by atoms with Crippen molar-refractivity contribution < 1.29 is 9.72 Å². The Labute approximate surface area is 88.2 Å². The SMILES string of the molecule is CC(=O)c1c(N)cc(Br)cc1[N+](=O)[O-]. The van der Waals surface area contributed by atoms with Crippen molar-refractivity contribution in [3.05, 3.63) is 32.3 Å². The quantitative estimate of drug-likeness (QED) is 0.381. The molecule has 0 aliphatic heterocycles. The average molecular weight is 259 g/mol. The van der Waals surface area contributed by atoms with Crippen molar-refractivity contribution in [3.8, 4) is 0 Å². The van der Waals surface area contributed by atoms with Crippen LogP contribution in [0.2, 0.25) is 0 Å². The number of Topliss-reactive ketones (excluding diaryl/α,β-unsaturated/α-hetero) is 1. The first-order valence-corrected chi connectivity index (χ1v) is 4.47. The third kappa shape index (κ3) is 1.90. The summed E-state index contributed by atoms with van der Waals surface area (Å²) in [5.74, 6) is -0.415. The molecule has 0 unspecified atom stereocenters. The smallest absolute Gasteiger partial charge is 0.283 e. The number of rotatable bonds is 2. The van der Waals surface area contributed by atoms with E-state index in [1.165, 1.54) is 19.1 Å². The zero-order valence-corrected chi connectivity index (χ0v) is 8.87. The van der Waals surface area contributed by atoms with Crippen LogP contribution in [0, 0.1) is 10.1 Å². The Balaban J connectivity index is 3.52. The second kappa shape index (κ2) is 3.75. The third-order valence-electron chi connectivity index (χ3n) is 1.66. The lowest BCUT2D eigenvalue weighted by molar-refractivity contribution is -0.385. The maximum Gasteiger partial charge on any atom is 0.283 e. The van der Waals surface area contributed by atoms with Crippen LogP contribution in [0.15, 0.2) is 16.6 Å². The molecule has 14 heavy (non-hydrogen) atoms. The van der Waals surface area contributed by atoms with Gasteiger partial charge in [0, 0.05) is 10.5 Å². The van der Waals surface area contributed by atoms with Gasteiger partial charge in [-0.1, -0.05) is 15.9 Å². The molecule has 74 valence electrons. The van der Waals surface area contributed by atoms with E-state index in [1.54, 1.807) is 0 Å². The average Bonchev–Trinajstić information content (AvgIpc) is 2.01. The van der Waals surface area contributed by atoms with Gasteiger partial charge in [-0.25, -0.2) is 0 Å². The highest BCUT2D eigenvalue weighted by molar-refractivity contribution is 9.10. The van der Waals surface area contributed by atoms with Gasteiger partial charge in [-0.2, -0.15) is 0 Å². The van der Waals surface area contributed by atoms with Gasteiger partial charge < -0.3 is 5.73 Å². The Morgan fingerprint density at radius 3 is 2.57 bits per heavy atom. The van der Waals surface area contributed by atoms with Crippen molar-refractivity contribution in [2.75, 3.05) is 5.73 Å². The number of halogens is 1. The van der Waals surface area contributed by atoms with Crippen LogP contribution in [-0.4, -0.2) is 10.7 Å². The predicted octanol–water partition coefficient (Wildman–Crippen LogP) is 2.14. The first-order valence-electron chi connectivity index (χ1n) is 3.68. The maximum atomic E-state index is 11.1. The number of nitro benzene ring substituents is 1. The fourth-order valence-corrected chi connectivity index (χ4v) is 1.60. The molecule has 0 spiro atoms. The molecule has 2 N–H and O–H groups in total. The zero-order valence-electron chi connectivity index (χ0n) is 7.28. The number of benzene rings is 1. The van der Waals surface area contributed by atoms with Gasteiger partial charge in [-0.05, 0) is 13.0 Å². The highest BCUT2D eigenvalue weighted by atomic mass is 79.9. The minimum absolute atomic E-state index is 0.0433. The molecule has 5 nitrogen and oxygen atoms in total. The lowest BCUT2D eigenvalue weighted by Gasteiger charge is -2.03. The topological polar surface area (TPSA) is 86.2 Å². The van der Waals surface area contributed by atoms with Crippen molar-refractivity contribution in [1.82, 2.24) is 0 Å². The fourth-order valence-electron chi connectivity index (χ4n) is 1.14. The van der Waals surface area contributed by atoms with Crippen LogP contribution in [0.3, 0.4) is 0 Å². The van der Waals surface area contributed by atoms with Crippen molar-refractivity contribution in [3.63, 3.8) is 0 Å². The second-order valence-electron chi connectivity index (χ2n) is 2.70. The van der Waals surface area contributed by atoms with Crippen LogP contribution in [0.25, 0.3) is 0 Å². The van der Waals surface area contributed by atoms with Gasteiger partial charge in [0.05, 0.1) is 10.6 Å². The number of nitrogens with zero attached hydrogens (tertiary/aromatic N) is 1. The first kappa shape index (κ1) is 10.6. The molecular formula is C8H7BrN2O3. The highest BCUT2D eigenvalue weighted by Gasteiger charge is 2.21. The standard InChI is InChI=1S/C8H7BrN2O3/c1-4(12)8-6(10)2-5(9)3-7(8)11(13)14/h2-3H,10H2,1H3. The number of hydrogen-bond acceptors (Lipinski definition) is 4. The lowest BCUT2D eigenvalue weighted by Crippen LogP contribution is -2.04. The van der Waals surface area contributed by atoms with Gasteiger partial charge in [-0.3, -0.25) is 14.9 Å². The minimum atomic E-state index is -0.627. The Hall–Kier alpha value is -1.43. The van der Waals surface area contributed by atoms with Crippen LogP contribution in [-0.2, 0) is 0 Å². The summed E-state index contributed by atoms with van der Waals surface area (Å²) in [4.78, 5) is 21.1. The number of nitro groups is 1. The summed E-state index contributed by atoms with van der Waals surface area (Å²) in [6.45, 7) is 1.24. The van der Waals surface area contributed by atoms with E-state index in [0.29, 0.717) is 4.47 Å². The van der Waals surface area contributed by atoms with E-state index < -0.39 is 10.7 Å². The number of carbonyl (C=O) groups excluding carboxylic acids is 1. The first-order chi connectivity index (χ1) is 6.43. The van der Waals surface area contributed by atoms with E-state index in [4.69, 9.17) is 5.73 Å². The van der Waals surface area contributed by atoms with E-state index >= 15 is 0 Å².